The molecule has 0 bridgehead atoms. The molecule has 2 N–H and O–H groups in total. The van der Waals surface area contributed by atoms with Crippen LogP contribution < -0.4 is 15.4 Å². The minimum absolute atomic E-state index is 0.0607. The number of pyridine rings is 1. The van der Waals surface area contributed by atoms with Gasteiger partial charge in [-0.25, -0.2) is 9.37 Å². The number of hydrogen-bond donors (Lipinski definition) is 2. The van der Waals surface area contributed by atoms with Crippen molar-refractivity contribution in [3.63, 3.8) is 0 Å². The van der Waals surface area contributed by atoms with Gasteiger partial charge in [-0.1, -0.05) is 12.1 Å². The average molecular weight is 461 g/mol. The maximum absolute atomic E-state index is 13.8. The van der Waals surface area contributed by atoms with E-state index in [-0.39, 0.29) is 34.6 Å². The molecule has 0 unspecified atom stereocenters. The molecule has 0 radical (unpaired) electrons. The number of amides is 1. The summed E-state index contributed by atoms with van der Waals surface area (Å²) in [6, 6.07) is 10.9. The third kappa shape index (κ3) is 5.18. The van der Waals surface area contributed by atoms with E-state index in [0.717, 1.165) is 25.0 Å². The third-order valence-corrected chi connectivity index (χ3v) is 5.78. The molecule has 1 aromatic heterocycles. The highest BCUT2D eigenvalue weighted by Gasteiger charge is 2.34. The number of anilines is 1. The number of nitrogens with zero attached hydrogens (tertiary/aromatic N) is 1. The second-order valence-corrected chi connectivity index (χ2v) is 8.09. The first-order valence-electron chi connectivity index (χ1n) is 10.6. The summed E-state index contributed by atoms with van der Waals surface area (Å²) < 4.78 is 59.1. The molecular weight excluding hydrogens is 438 g/mol. The van der Waals surface area contributed by atoms with Crippen LogP contribution in [0.25, 0.3) is 10.9 Å². The SMILES string of the molecule is COc1ccccc1C(=O)N[C@@H]1CCC[C@H](Nc2cc(C(F)(F)F)nc3ccc(F)cc23)C1. The number of methoxy groups -OCH3 is 1. The summed E-state index contributed by atoms with van der Waals surface area (Å²) in [5, 5.41) is 6.42. The van der Waals surface area contributed by atoms with Crippen LogP contribution in [0.3, 0.4) is 0 Å². The number of carbonyl (C=O) groups excluding carboxylic acids is 1. The van der Waals surface area contributed by atoms with Crippen molar-refractivity contribution in [2.75, 3.05) is 12.4 Å². The van der Waals surface area contributed by atoms with Gasteiger partial charge in [0, 0.05) is 23.2 Å². The fourth-order valence-corrected chi connectivity index (χ4v) is 4.23. The monoisotopic (exact) mass is 461 g/mol. The van der Waals surface area contributed by atoms with Crippen molar-refractivity contribution in [1.29, 1.82) is 0 Å². The predicted octanol–water partition coefficient (Wildman–Crippen LogP) is 5.55. The Morgan fingerprint density at radius 3 is 2.61 bits per heavy atom. The predicted molar refractivity (Wildman–Crippen MR) is 117 cm³/mol. The summed E-state index contributed by atoms with van der Waals surface area (Å²) in [5.41, 5.74) is -0.388. The van der Waals surface area contributed by atoms with Crippen LogP contribution in [0.15, 0.2) is 48.5 Å². The zero-order chi connectivity index (χ0) is 23.6. The minimum Gasteiger partial charge on any atom is -0.496 e. The summed E-state index contributed by atoms with van der Waals surface area (Å²) in [5.74, 6) is -0.364. The second kappa shape index (κ2) is 9.25. The Balaban J connectivity index is 1.53. The van der Waals surface area contributed by atoms with E-state index in [4.69, 9.17) is 4.74 Å². The summed E-state index contributed by atoms with van der Waals surface area (Å²) in [4.78, 5) is 16.4. The van der Waals surface area contributed by atoms with E-state index < -0.39 is 17.7 Å². The van der Waals surface area contributed by atoms with Gasteiger partial charge in [0.2, 0.25) is 0 Å². The van der Waals surface area contributed by atoms with Gasteiger partial charge in [-0.2, -0.15) is 13.2 Å². The number of hydrogen-bond acceptors (Lipinski definition) is 4. The molecule has 1 heterocycles. The molecule has 0 spiro atoms. The number of fused-ring (bicyclic) bond motifs is 1. The summed E-state index contributed by atoms with van der Waals surface area (Å²) in [6.07, 6.45) is -1.88. The Labute approximate surface area is 188 Å². The first-order chi connectivity index (χ1) is 15.7. The Kier molecular flexibility index (Phi) is 6.40. The van der Waals surface area contributed by atoms with Gasteiger partial charge < -0.3 is 15.4 Å². The third-order valence-electron chi connectivity index (χ3n) is 5.78. The lowest BCUT2D eigenvalue weighted by atomic mass is 9.90. The van der Waals surface area contributed by atoms with Gasteiger partial charge in [0.1, 0.15) is 17.3 Å². The van der Waals surface area contributed by atoms with Gasteiger partial charge in [0.25, 0.3) is 5.91 Å². The molecular formula is C24H23F4N3O2. The first kappa shape index (κ1) is 22.8. The number of carbonyl (C=O) groups is 1. The fourth-order valence-electron chi connectivity index (χ4n) is 4.23. The minimum atomic E-state index is -4.63. The molecule has 1 aliphatic rings. The molecule has 1 amide bonds. The highest BCUT2D eigenvalue weighted by atomic mass is 19.4. The van der Waals surface area contributed by atoms with Crippen LogP contribution in [-0.4, -0.2) is 30.1 Å². The lowest BCUT2D eigenvalue weighted by molar-refractivity contribution is -0.140. The maximum atomic E-state index is 13.8. The normalized spacial score (nSPS) is 18.7. The van der Waals surface area contributed by atoms with E-state index >= 15 is 0 Å². The van der Waals surface area contributed by atoms with Crippen molar-refractivity contribution in [3.8, 4) is 5.75 Å². The summed E-state index contributed by atoms with van der Waals surface area (Å²) in [6.45, 7) is 0. The Morgan fingerprint density at radius 2 is 1.85 bits per heavy atom. The summed E-state index contributed by atoms with van der Waals surface area (Å²) >= 11 is 0. The highest BCUT2D eigenvalue weighted by molar-refractivity contribution is 5.97. The zero-order valence-corrected chi connectivity index (χ0v) is 17.9. The largest absolute Gasteiger partial charge is 0.496 e. The number of rotatable bonds is 5. The van der Waals surface area contributed by atoms with E-state index in [1.54, 1.807) is 24.3 Å². The van der Waals surface area contributed by atoms with E-state index in [1.807, 2.05) is 0 Å². The Morgan fingerprint density at radius 1 is 1.09 bits per heavy atom. The number of benzene rings is 2. The Bertz CT molecular complexity index is 1170. The van der Waals surface area contributed by atoms with Crippen LogP contribution in [0, 0.1) is 5.82 Å². The molecule has 1 aliphatic carbocycles. The molecule has 5 nitrogen and oxygen atoms in total. The number of halogens is 4. The van der Waals surface area contributed by atoms with E-state index in [2.05, 4.69) is 15.6 Å². The molecule has 0 saturated heterocycles. The molecule has 174 valence electrons. The number of alkyl halides is 3. The quantitative estimate of drug-likeness (QED) is 0.489. The number of nitrogens with one attached hydrogen (secondary N) is 2. The van der Waals surface area contributed by atoms with E-state index in [1.165, 1.54) is 19.2 Å². The molecule has 4 rings (SSSR count). The van der Waals surface area contributed by atoms with E-state index in [0.29, 0.717) is 24.2 Å². The van der Waals surface area contributed by atoms with Crippen LogP contribution in [0.2, 0.25) is 0 Å². The maximum Gasteiger partial charge on any atom is 0.433 e. The van der Waals surface area contributed by atoms with Crippen molar-refractivity contribution in [3.05, 3.63) is 65.6 Å². The Hall–Kier alpha value is -3.36. The van der Waals surface area contributed by atoms with Crippen molar-refractivity contribution in [1.82, 2.24) is 10.3 Å². The van der Waals surface area contributed by atoms with Crippen molar-refractivity contribution in [2.45, 2.75) is 43.9 Å². The van der Waals surface area contributed by atoms with Crippen molar-refractivity contribution < 1.29 is 27.1 Å². The van der Waals surface area contributed by atoms with Crippen LogP contribution in [0.4, 0.5) is 23.2 Å². The molecule has 2 atom stereocenters. The van der Waals surface area contributed by atoms with E-state index in [9.17, 15) is 22.4 Å². The van der Waals surface area contributed by atoms with Gasteiger partial charge in [0.05, 0.1) is 18.2 Å². The molecule has 33 heavy (non-hydrogen) atoms. The fraction of sp³-hybridized carbons (Fsp3) is 0.333. The van der Waals surface area contributed by atoms with Gasteiger partial charge in [-0.3, -0.25) is 4.79 Å². The number of aromatic nitrogens is 1. The lowest BCUT2D eigenvalue weighted by Gasteiger charge is -2.31. The molecule has 1 saturated carbocycles. The van der Waals surface area contributed by atoms with Gasteiger partial charge in [-0.15, -0.1) is 0 Å². The first-order valence-corrected chi connectivity index (χ1v) is 10.6. The summed E-state index contributed by atoms with van der Waals surface area (Å²) in [7, 11) is 1.49. The standard InChI is InChI=1S/C24H23F4N3O2/c1-33-21-8-3-2-7-17(21)23(32)30-16-6-4-5-15(12-16)29-20-13-22(24(26,27)28)31-19-10-9-14(25)11-18(19)20/h2-3,7-11,13,15-16H,4-6,12H2,1H3,(H,29,31)(H,30,32)/t15-,16+/m0/s1. The van der Waals surface area contributed by atoms with Crippen LogP contribution in [-0.2, 0) is 6.18 Å². The number of para-hydroxylation sites is 1. The molecule has 0 aliphatic heterocycles. The van der Waals surface area contributed by atoms with Crippen LogP contribution in [0.1, 0.15) is 41.7 Å². The molecule has 9 heteroatoms. The van der Waals surface area contributed by atoms with Crippen LogP contribution in [0.5, 0.6) is 5.75 Å². The zero-order valence-electron chi connectivity index (χ0n) is 17.9. The van der Waals surface area contributed by atoms with Gasteiger partial charge in [-0.05, 0) is 62.1 Å². The molecule has 3 aromatic rings. The smallest absolute Gasteiger partial charge is 0.433 e. The highest BCUT2D eigenvalue weighted by Crippen LogP contribution is 2.34. The second-order valence-electron chi connectivity index (χ2n) is 8.09. The van der Waals surface area contributed by atoms with Crippen molar-refractivity contribution >= 4 is 22.5 Å². The average Bonchev–Trinajstić information content (AvgIpc) is 2.78. The lowest BCUT2D eigenvalue weighted by Crippen LogP contribution is -2.42. The van der Waals surface area contributed by atoms with Gasteiger partial charge >= 0.3 is 6.18 Å². The van der Waals surface area contributed by atoms with Gasteiger partial charge in [0.15, 0.2) is 0 Å². The molecule has 2 aromatic carbocycles. The number of ether oxygens (including phenoxy) is 1. The van der Waals surface area contributed by atoms with Crippen molar-refractivity contribution in [2.24, 2.45) is 0 Å². The topological polar surface area (TPSA) is 63.2 Å². The molecule has 1 fully saturated rings. The van der Waals surface area contributed by atoms with Crippen LogP contribution >= 0.6 is 0 Å².